The molecule has 0 amide bonds. The van der Waals surface area contributed by atoms with Gasteiger partial charge in [-0.3, -0.25) is 0 Å². The highest BCUT2D eigenvalue weighted by molar-refractivity contribution is 7.89. The first-order valence-corrected chi connectivity index (χ1v) is 9.22. The molecule has 0 radical (unpaired) electrons. The zero-order valence-electron chi connectivity index (χ0n) is 13.8. The van der Waals surface area contributed by atoms with E-state index in [0.29, 0.717) is 6.42 Å². The molecule has 5 heteroatoms. The summed E-state index contributed by atoms with van der Waals surface area (Å²) in [6, 6.07) is 13.6. The summed E-state index contributed by atoms with van der Waals surface area (Å²) in [5, 5.41) is 0. The lowest BCUT2D eigenvalue weighted by molar-refractivity contribution is 0.406. The van der Waals surface area contributed by atoms with E-state index in [0.717, 1.165) is 28.0 Å². The second-order valence-corrected chi connectivity index (χ2v) is 7.58. The van der Waals surface area contributed by atoms with Crippen molar-refractivity contribution in [2.45, 2.75) is 26.8 Å². The van der Waals surface area contributed by atoms with Crippen molar-refractivity contribution in [3.8, 4) is 5.75 Å². The van der Waals surface area contributed by atoms with Crippen LogP contribution < -0.4 is 9.46 Å². The Morgan fingerprint density at radius 3 is 2.43 bits per heavy atom. The number of methoxy groups -OCH3 is 1. The molecule has 0 unspecified atom stereocenters. The molecule has 2 aromatic carbocycles. The fourth-order valence-electron chi connectivity index (χ4n) is 2.62. The number of hydrogen-bond donors (Lipinski definition) is 1. The van der Waals surface area contributed by atoms with Crippen LogP contribution in [0.4, 0.5) is 0 Å². The van der Waals surface area contributed by atoms with Gasteiger partial charge in [0.2, 0.25) is 10.0 Å². The van der Waals surface area contributed by atoms with E-state index in [4.69, 9.17) is 4.74 Å². The molecule has 0 spiro atoms. The number of ether oxygens (including phenoxy) is 1. The third-order valence-corrected chi connectivity index (χ3v) is 5.01. The summed E-state index contributed by atoms with van der Waals surface area (Å²) >= 11 is 0. The van der Waals surface area contributed by atoms with Crippen LogP contribution in [0.15, 0.2) is 42.5 Å². The number of nitrogens with one attached hydrogen (secondary N) is 1. The van der Waals surface area contributed by atoms with E-state index in [2.05, 4.69) is 4.72 Å². The molecular formula is C18H23NO3S. The SMILES string of the molecule is COc1c(C)cc(C)cc1CNS(=O)(=O)CCc1ccccc1. The number of rotatable bonds is 7. The molecule has 2 rings (SSSR count). The van der Waals surface area contributed by atoms with Crippen LogP contribution in [0.5, 0.6) is 5.75 Å². The molecule has 0 aromatic heterocycles. The van der Waals surface area contributed by atoms with Crippen molar-refractivity contribution in [2.75, 3.05) is 12.9 Å². The summed E-state index contributed by atoms with van der Waals surface area (Å²) in [5.74, 6) is 0.811. The fraction of sp³-hybridized carbons (Fsp3) is 0.333. The van der Waals surface area contributed by atoms with Crippen LogP contribution in [0.25, 0.3) is 0 Å². The Morgan fingerprint density at radius 1 is 1.09 bits per heavy atom. The van der Waals surface area contributed by atoms with E-state index in [-0.39, 0.29) is 12.3 Å². The Kier molecular flexibility index (Phi) is 5.80. The van der Waals surface area contributed by atoms with Gasteiger partial charge < -0.3 is 4.74 Å². The lowest BCUT2D eigenvalue weighted by atomic mass is 10.1. The molecule has 1 N–H and O–H groups in total. The van der Waals surface area contributed by atoms with Gasteiger partial charge in [0.15, 0.2) is 0 Å². The summed E-state index contributed by atoms with van der Waals surface area (Å²) in [4.78, 5) is 0. The van der Waals surface area contributed by atoms with Crippen molar-refractivity contribution in [3.63, 3.8) is 0 Å². The predicted molar refractivity (Wildman–Crippen MR) is 93.2 cm³/mol. The second kappa shape index (κ2) is 7.62. The molecule has 0 aliphatic carbocycles. The molecule has 0 aliphatic heterocycles. The molecule has 2 aromatic rings. The quantitative estimate of drug-likeness (QED) is 0.847. The van der Waals surface area contributed by atoms with Crippen molar-refractivity contribution >= 4 is 10.0 Å². The van der Waals surface area contributed by atoms with Crippen LogP contribution in [-0.4, -0.2) is 21.3 Å². The number of aryl methyl sites for hydroxylation is 3. The largest absolute Gasteiger partial charge is 0.496 e. The van der Waals surface area contributed by atoms with E-state index in [1.165, 1.54) is 0 Å². The number of sulfonamides is 1. The minimum atomic E-state index is -3.33. The van der Waals surface area contributed by atoms with Crippen LogP contribution in [0.1, 0.15) is 22.3 Å². The van der Waals surface area contributed by atoms with E-state index in [9.17, 15) is 8.42 Å². The normalized spacial score (nSPS) is 11.4. The fourth-order valence-corrected chi connectivity index (χ4v) is 3.65. The number of hydrogen-bond acceptors (Lipinski definition) is 3. The van der Waals surface area contributed by atoms with E-state index < -0.39 is 10.0 Å². The zero-order valence-corrected chi connectivity index (χ0v) is 14.6. The minimum Gasteiger partial charge on any atom is -0.496 e. The first-order valence-electron chi connectivity index (χ1n) is 7.56. The summed E-state index contributed by atoms with van der Waals surface area (Å²) < 4.78 is 32.4. The molecule has 0 saturated carbocycles. The van der Waals surface area contributed by atoms with Crippen LogP contribution in [0, 0.1) is 13.8 Å². The highest BCUT2D eigenvalue weighted by Crippen LogP contribution is 2.25. The van der Waals surface area contributed by atoms with Crippen LogP contribution in [0.3, 0.4) is 0 Å². The third-order valence-electron chi connectivity index (χ3n) is 3.68. The molecule has 124 valence electrons. The smallest absolute Gasteiger partial charge is 0.212 e. The highest BCUT2D eigenvalue weighted by Gasteiger charge is 2.13. The van der Waals surface area contributed by atoms with Crippen molar-refractivity contribution in [1.82, 2.24) is 4.72 Å². The van der Waals surface area contributed by atoms with Gasteiger partial charge in [0.25, 0.3) is 0 Å². The van der Waals surface area contributed by atoms with Crippen molar-refractivity contribution in [2.24, 2.45) is 0 Å². The lowest BCUT2D eigenvalue weighted by Crippen LogP contribution is -2.27. The van der Waals surface area contributed by atoms with E-state index >= 15 is 0 Å². The third kappa shape index (κ3) is 5.08. The maximum Gasteiger partial charge on any atom is 0.212 e. The average Bonchev–Trinajstić information content (AvgIpc) is 2.52. The van der Waals surface area contributed by atoms with Crippen molar-refractivity contribution in [1.29, 1.82) is 0 Å². The minimum absolute atomic E-state index is 0.0735. The monoisotopic (exact) mass is 333 g/mol. The van der Waals surface area contributed by atoms with Crippen molar-refractivity contribution in [3.05, 3.63) is 64.7 Å². The lowest BCUT2D eigenvalue weighted by Gasteiger charge is -2.14. The van der Waals surface area contributed by atoms with E-state index in [1.54, 1.807) is 7.11 Å². The van der Waals surface area contributed by atoms with Gasteiger partial charge in [-0.1, -0.05) is 48.0 Å². The second-order valence-electron chi connectivity index (χ2n) is 5.65. The van der Waals surface area contributed by atoms with Gasteiger partial charge in [-0.25, -0.2) is 13.1 Å². The molecule has 0 heterocycles. The van der Waals surface area contributed by atoms with Gasteiger partial charge in [-0.15, -0.1) is 0 Å². The molecule has 0 saturated heterocycles. The van der Waals surface area contributed by atoms with Gasteiger partial charge in [-0.2, -0.15) is 0 Å². The highest BCUT2D eigenvalue weighted by atomic mass is 32.2. The zero-order chi connectivity index (χ0) is 16.9. The van der Waals surface area contributed by atoms with Gasteiger partial charge in [0.1, 0.15) is 5.75 Å². The maximum absolute atomic E-state index is 12.2. The summed E-state index contributed by atoms with van der Waals surface area (Å²) in [6.07, 6.45) is 0.500. The topological polar surface area (TPSA) is 55.4 Å². The molecule has 0 bridgehead atoms. The maximum atomic E-state index is 12.2. The van der Waals surface area contributed by atoms with Gasteiger partial charge >= 0.3 is 0 Å². The first kappa shape index (κ1) is 17.5. The summed E-state index contributed by atoms with van der Waals surface area (Å²) in [6.45, 7) is 4.18. The molecular weight excluding hydrogens is 310 g/mol. The molecule has 0 fully saturated rings. The average molecular weight is 333 g/mol. The summed E-state index contributed by atoms with van der Waals surface area (Å²) in [7, 11) is -1.73. The summed E-state index contributed by atoms with van der Waals surface area (Å²) in [5.41, 5.74) is 3.96. The standard InChI is InChI=1S/C18H23NO3S/c1-14-11-15(2)18(22-3)17(12-14)13-19-23(20,21)10-9-16-7-5-4-6-8-16/h4-8,11-12,19H,9-10,13H2,1-3H3. The van der Waals surface area contributed by atoms with E-state index in [1.807, 2.05) is 56.3 Å². The van der Waals surface area contributed by atoms with Crippen LogP contribution >= 0.6 is 0 Å². The Morgan fingerprint density at radius 2 is 1.78 bits per heavy atom. The van der Waals surface area contributed by atoms with Crippen LogP contribution in [0.2, 0.25) is 0 Å². The van der Waals surface area contributed by atoms with Gasteiger partial charge in [0, 0.05) is 12.1 Å². The Balaban J connectivity index is 2.02. The molecule has 23 heavy (non-hydrogen) atoms. The predicted octanol–water partition coefficient (Wildman–Crippen LogP) is 2.97. The van der Waals surface area contributed by atoms with Gasteiger partial charge in [0.05, 0.1) is 12.9 Å². The van der Waals surface area contributed by atoms with Crippen molar-refractivity contribution < 1.29 is 13.2 Å². The number of benzene rings is 2. The Bertz CT molecular complexity index is 755. The molecule has 0 atom stereocenters. The first-order chi connectivity index (χ1) is 10.9. The molecule has 0 aliphatic rings. The van der Waals surface area contributed by atoms with Gasteiger partial charge in [-0.05, 0) is 31.4 Å². The Labute approximate surface area is 138 Å². The van der Waals surface area contributed by atoms with Crippen LogP contribution in [-0.2, 0) is 23.0 Å². The Hall–Kier alpha value is -1.85. The molecule has 4 nitrogen and oxygen atoms in total.